The molecule has 1 aromatic carbocycles. The first-order chi connectivity index (χ1) is 9.36. The van der Waals surface area contributed by atoms with E-state index in [0.29, 0.717) is 18.3 Å². The molecule has 0 bridgehead atoms. The lowest BCUT2D eigenvalue weighted by Crippen LogP contribution is -2.27. The van der Waals surface area contributed by atoms with Gasteiger partial charge in [-0.05, 0) is 36.3 Å². The van der Waals surface area contributed by atoms with Gasteiger partial charge in [0.2, 0.25) is 0 Å². The van der Waals surface area contributed by atoms with Crippen molar-refractivity contribution < 1.29 is 9.84 Å². The van der Waals surface area contributed by atoms with E-state index in [-0.39, 0.29) is 0 Å². The number of benzene rings is 1. The normalized spacial score (nSPS) is 14.7. The van der Waals surface area contributed by atoms with Gasteiger partial charge in [-0.15, -0.1) is 0 Å². The summed E-state index contributed by atoms with van der Waals surface area (Å²) in [5.74, 6) is 1.76. The zero-order valence-electron chi connectivity index (χ0n) is 13.4. The molecule has 0 heterocycles. The zero-order chi connectivity index (χ0) is 15.3. The van der Waals surface area contributed by atoms with E-state index in [1.807, 2.05) is 6.07 Å². The summed E-state index contributed by atoms with van der Waals surface area (Å²) in [5.41, 5.74) is 8.35. The number of methoxy groups -OCH3 is 1. The van der Waals surface area contributed by atoms with Gasteiger partial charge in [-0.3, -0.25) is 0 Å². The molecule has 3 nitrogen and oxygen atoms in total. The van der Waals surface area contributed by atoms with Gasteiger partial charge in [0.1, 0.15) is 5.75 Å². The third-order valence-corrected chi connectivity index (χ3v) is 3.73. The number of ether oxygens (including phenoxy) is 1. The van der Waals surface area contributed by atoms with Crippen molar-refractivity contribution >= 4 is 0 Å². The minimum Gasteiger partial charge on any atom is -0.496 e. The average Bonchev–Trinajstić information content (AvgIpc) is 2.42. The Morgan fingerprint density at radius 3 is 2.30 bits per heavy atom. The Hall–Kier alpha value is -1.06. The number of aliphatic hydroxyl groups is 1. The molecule has 20 heavy (non-hydrogen) atoms. The smallest absolute Gasteiger partial charge is 0.123 e. The average molecular weight is 279 g/mol. The Kier molecular flexibility index (Phi) is 6.50. The maximum Gasteiger partial charge on any atom is 0.123 e. The van der Waals surface area contributed by atoms with Gasteiger partial charge in [0.25, 0.3) is 0 Å². The van der Waals surface area contributed by atoms with Crippen LogP contribution in [0.5, 0.6) is 5.75 Å². The van der Waals surface area contributed by atoms with Gasteiger partial charge in [-0.25, -0.2) is 0 Å². The maximum atomic E-state index is 10.3. The van der Waals surface area contributed by atoms with E-state index in [2.05, 4.69) is 39.8 Å². The Labute approximate surface area is 123 Å². The van der Waals surface area contributed by atoms with Gasteiger partial charge in [0.15, 0.2) is 0 Å². The maximum absolute atomic E-state index is 10.3. The summed E-state index contributed by atoms with van der Waals surface area (Å²) < 4.78 is 5.39. The molecule has 1 aromatic rings. The number of nitrogens with two attached hydrogens (primary N) is 1. The van der Waals surface area contributed by atoms with Crippen LogP contribution >= 0.6 is 0 Å². The van der Waals surface area contributed by atoms with E-state index in [0.717, 1.165) is 17.7 Å². The zero-order valence-corrected chi connectivity index (χ0v) is 13.4. The van der Waals surface area contributed by atoms with Gasteiger partial charge < -0.3 is 15.6 Å². The third-order valence-electron chi connectivity index (χ3n) is 3.73. The van der Waals surface area contributed by atoms with Crippen LogP contribution in [0.25, 0.3) is 0 Å². The van der Waals surface area contributed by atoms with Gasteiger partial charge in [-0.1, -0.05) is 39.8 Å². The molecule has 0 aliphatic heterocycles. The molecule has 0 aliphatic carbocycles. The first-order valence-electron chi connectivity index (χ1n) is 7.48. The highest BCUT2D eigenvalue weighted by atomic mass is 16.5. The summed E-state index contributed by atoms with van der Waals surface area (Å²) in [6.45, 7) is 8.59. The van der Waals surface area contributed by atoms with Gasteiger partial charge in [0.05, 0.1) is 19.3 Å². The van der Waals surface area contributed by atoms with Crippen LogP contribution in [0.1, 0.15) is 63.6 Å². The van der Waals surface area contributed by atoms with E-state index in [4.69, 9.17) is 10.5 Å². The van der Waals surface area contributed by atoms with Crippen LogP contribution < -0.4 is 10.5 Å². The number of hydrogen-bond donors (Lipinski definition) is 2. The molecule has 0 unspecified atom stereocenters. The molecule has 3 N–H and O–H groups in total. The summed E-state index contributed by atoms with van der Waals surface area (Å²) in [7, 11) is 1.64. The van der Waals surface area contributed by atoms with Crippen molar-refractivity contribution in [2.45, 2.75) is 58.6 Å². The summed E-state index contributed by atoms with van der Waals surface area (Å²) >= 11 is 0. The van der Waals surface area contributed by atoms with Crippen molar-refractivity contribution in [2.24, 2.45) is 11.7 Å². The SMILES string of the molecule is COc1ccc(C(C)C)cc1[C@@H](N)[C@@H](O)CCC(C)C. The topological polar surface area (TPSA) is 55.5 Å². The highest BCUT2D eigenvalue weighted by molar-refractivity contribution is 5.40. The molecule has 0 spiro atoms. The molecular formula is C17H29NO2. The van der Waals surface area contributed by atoms with Crippen LogP contribution in [0.4, 0.5) is 0 Å². The van der Waals surface area contributed by atoms with E-state index < -0.39 is 12.1 Å². The van der Waals surface area contributed by atoms with Crippen LogP contribution in [-0.2, 0) is 0 Å². The fourth-order valence-electron chi connectivity index (χ4n) is 2.26. The van der Waals surface area contributed by atoms with Crippen molar-refractivity contribution in [2.75, 3.05) is 7.11 Å². The summed E-state index contributed by atoms with van der Waals surface area (Å²) in [5, 5.41) is 10.3. The Morgan fingerprint density at radius 1 is 1.15 bits per heavy atom. The summed E-state index contributed by atoms with van der Waals surface area (Å²) in [6.07, 6.45) is 1.16. The number of hydrogen-bond acceptors (Lipinski definition) is 3. The second-order valence-corrected chi connectivity index (χ2v) is 6.22. The molecule has 0 aromatic heterocycles. The fourth-order valence-corrected chi connectivity index (χ4v) is 2.26. The largest absolute Gasteiger partial charge is 0.496 e. The third kappa shape index (κ3) is 4.50. The highest BCUT2D eigenvalue weighted by Crippen LogP contribution is 2.30. The van der Waals surface area contributed by atoms with Crippen LogP contribution in [0.15, 0.2) is 18.2 Å². The first-order valence-corrected chi connectivity index (χ1v) is 7.48. The molecule has 0 amide bonds. The van der Waals surface area contributed by atoms with Crippen molar-refractivity contribution in [3.05, 3.63) is 29.3 Å². The van der Waals surface area contributed by atoms with Crippen LogP contribution in [0.2, 0.25) is 0 Å². The summed E-state index contributed by atoms with van der Waals surface area (Å²) in [6, 6.07) is 5.66. The number of aliphatic hydroxyl groups excluding tert-OH is 1. The van der Waals surface area contributed by atoms with Crippen molar-refractivity contribution in [3.8, 4) is 5.75 Å². The second-order valence-electron chi connectivity index (χ2n) is 6.22. The standard InChI is InChI=1S/C17H29NO2/c1-11(2)6-8-15(19)17(18)14-10-13(12(3)4)7-9-16(14)20-5/h7,9-12,15,17,19H,6,8,18H2,1-5H3/t15-,17+/m0/s1. The first kappa shape index (κ1) is 17.0. The predicted octanol–water partition coefficient (Wildman–Crippen LogP) is 3.62. The minimum absolute atomic E-state index is 0.401. The van der Waals surface area contributed by atoms with E-state index >= 15 is 0 Å². The van der Waals surface area contributed by atoms with Crippen LogP contribution in [-0.4, -0.2) is 18.3 Å². The summed E-state index contributed by atoms with van der Waals surface area (Å²) in [4.78, 5) is 0. The van der Waals surface area contributed by atoms with Gasteiger partial charge in [0, 0.05) is 5.56 Å². The van der Waals surface area contributed by atoms with Crippen LogP contribution in [0.3, 0.4) is 0 Å². The lowest BCUT2D eigenvalue weighted by molar-refractivity contribution is 0.127. The molecule has 114 valence electrons. The van der Waals surface area contributed by atoms with Gasteiger partial charge in [-0.2, -0.15) is 0 Å². The van der Waals surface area contributed by atoms with E-state index in [9.17, 15) is 5.11 Å². The van der Waals surface area contributed by atoms with Crippen molar-refractivity contribution in [1.82, 2.24) is 0 Å². The number of rotatable bonds is 7. The molecule has 0 fully saturated rings. The Balaban J connectivity index is 2.94. The van der Waals surface area contributed by atoms with E-state index in [1.54, 1.807) is 7.11 Å². The second kappa shape index (κ2) is 7.65. The lowest BCUT2D eigenvalue weighted by atomic mass is 9.92. The highest BCUT2D eigenvalue weighted by Gasteiger charge is 2.21. The molecule has 0 radical (unpaired) electrons. The Bertz CT molecular complexity index is 415. The Morgan fingerprint density at radius 2 is 1.80 bits per heavy atom. The lowest BCUT2D eigenvalue weighted by Gasteiger charge is -2.23. The van der Waals surface area contributed by atoms with Crippen molar-refractivity contribution in [1.29, 1.82) is 0 Å². The molecular weight excluding hydrogens is 250 g/mol. The van der Waals surface area contributed by atoms with Gasteiger partial charge >= 0.3 is 0 Å². The van der Waals surface area contributed by atoms with E-state index in [1.165, 1.54) is 5.56 Å². The predicted molar refractivity (Wildman–Crippen MR) is 84.1 cm³/mol. The van der Waals surface area contributed by atoms with Crippen LogP contribution in [0, 0.1) is 5.92 Å². The molecule has 3 heteroatoms. The fraction of sp³-hybridized carbons (Fsp3) is 0.647. The molecule has 0 saturated heterocycles. The molecule has 1 rings (SSSR count). The van der Waals surface area contributed by atoms with Crippen molar-refractivity contribution in [3.63, 3.8) is 0 Å². The quantitative estimate of drug-likeness (QED) is 0.801. The molecule has 2 atom stereocenters. The molecule has 0 aliphatic rings. The monoisotopic (exact) mass is 279 g/mol. The molecule has 0 saturated carbocycles. The minimum atomic E-state index is -0.534.